The number of Topliss-reactive ketones (excluding diaryl/α,β-unsaturated/α-hetero) is 1. The second-order valence-corrected chi connectivity index (χ2v) is 11.1. The number of rotatable bonds is 1. The molecule has 4 saturated carbocycles. The van der Waals surface area contributed by atoms with Gasteiger partial charge in [-0.25, -0.2) is 0 Å². The molecule has 1 aromatic rings. The summed E-state index contributed by atoms with van der Waals surface area (Å²) < 4.78 is 1.84. The van der Waals surface area contributed by atoms with Crippen molar-refractivity contribution in [3.8, 4) is 0 Å². The lowest BCUT2D eigenvalue weighted by molar-refractivity contribution is -0.141. The van der Waals surface area contributed by atoms with E-state index < -0.39 is 0 Å². The fraction of sp³-hybridized carbons (Fsp3) is 0.760. The number of aromatic nitrogens is 2. The Kier molecular flexibility index (Phi) is 4.40. The molecule has 1 N–H and O–H groups in total. The highest BCUT2D eigenvalue weighted by Crippen LogP contribution is 2.66. The summed E-state index contributed by atoms with van der Waals surface area (Å²) in [6.45, 7) is 6.79. The molecule has 0 amide bonds. The van der Waals surface area contributed by atoms with E-state index in [0.29, 0.717) is 29.0 Å². The SMILES string of the molecule is Cc1nn(C)cc1/C=C1/C[C@@H]2[C@H]3CC[C@H]4C[C@@H](O)CC[C@]4(C)[C@@H]3CC[C@@]2(C)C1=O. The quantitative estimate of drug-likeness (QED) is 0.701. The molecule has 1 aromatic heterocycles. The van der Waals surface area contributed by atoms with Crippen molar-refractivity contribution in [1.82, 2.24) is 9.78 Å². The Bertz CT molecular complexity index is 870. The minimum Gasteiger partial charge on any atom is -0.393 e. The second kappa shape index (κ2) is 6.54. The van der Waals surface area contributed by atoms with Crippen LogP contribution in [0.1, 0.15) is 76.5 Å². The van der Waals surface area contributed by atoms with Gasteiger partial charge in [0, 0.05) is 24.2 Å². The van der Waals surface area contributed by atoms with Crippen LogP contribution in [0, 0.1) is 41.4 Å². The van der Waals surface area contributed by atoms with Gasteiger partial charge in [-0.3, -0.25) is 9.48 Å². The van der Waals surface area contributed by atoms with Crippen molar-refractivity contribution in [3.05, 3.63) is 23.0 Å². The third-order valence-corrected chi connectivity index (χ3v) is 9.66. The van der Waals surface area contributed by atoms with Crippen molar-refractivity contribution < 1.29 is 9.90 Å². The van der Waals surface area contributed by atoms with Crippen LogP contribution < -0.4 is 0 Å². The number of ketones is 1. The maximum absolute atomic E-state index is 13.5. The first-order valence-electron chi connectivity index (χ1n) is 11.7. The van der Waals surface area contributed by atoms with Crippen LogP contribution in [-0.4, -0.2) is 26.8 Å². The molecule has 0 aromatic carbocycles. The van der Waals surface area contributed by atoms with Gasteiger partial charge in [-0.2, -0.15) is 5.10 Å². The Balaban J connectivity index is 1.46. The van der Waals surface area contributed by atoms with Crippen LogP contribution in [0.3, 0.4) is 0 Å². The summed E-state index contributed by atoms with van der Waals surface area (Å²) >= 11 is 0. The van der Waals surface area contributed by atoms with E-state index in [1.54, 1.807) is 0 Å². The van der Waals surface area contributed by atoms with E-state index in [-0.39, 0.29) is 11.5 Å². The molecule has 0 radical (unpaired) electrons. The molecule has 4 heteroatoms. The minimum absolute atomic E-state index is 0.0937. The Hall–Kier alpha value is -1.42. The van der Waals surface area contributed by atoms with Crippen LogP contribution in [0.15, 0.2) is 11.8 Å². The highest BCUT2D eigenvalue weighted by molar-refractivity contribution is 6.06. The van der Waals surface area contributed by atoms with Crippen molar-refractivity contribution in [3.63, 3.8) is 0 Å². The molecule has 0 aliphatic heterocycles. The average Bonchev–Trinajstić information content (AvgIpc) is 3.12. The van der Waals surface area contributed by atoms with Crippen LogP contribution in [0.2, 0.25) is 0 Å². The van der Waals surface area contributed by atoms with Crippen LogP contribution >= 0.6 is 0 Å². The van der Waals surface area contributed by atoms with Gasteiger partial charge in [-0.1, -0.05) is 13.8 Å². The first-order chi connectivity index (χ1) is 13.7. The van der Waals surface area contributed by atoms with Crippen molar-refractivity contribution >= 4 is 11.9 Å². The number of carbonyl (C=O) groups is 1. The number of hydrogen-bond acceptors (Lipinski definition) is 3. The Morgan fingerprint density at radius 1 is 1.17 bits per heavy atom. The van der Waals surface area contributed by atoms with Gasteiger partial charge in [0.1, 0.15) is 0 Å². The summed E-state index contributed by atoms with van der Waals surface area (Å²) in [5, 5.41) is 14.7. The first-order valence-corrected chi connectivity index (χ1v) is 11.7. The van der Waals surface area contributed by atoms with Crippen LogP contribution in [0.4, 0.5) is 0 Å². The number of fused-ring (bicyclic) bond motifs is 5. The van der Waals surface area contributed by atoms with E-state index in [1.165, 1.54) is 19.3 Å². The summed E-state index contributed by atoms with van der Waals surface area (Å²) in [5.74, 6) is 2.94. The van der Waals surface area contributed by atoms with E-state index in [2.05, 4.69) is 25.0 Å². The summed E-state index contributed by atoms with van der Waals surface area (Å²) in [6, 6.07) is 0. The summed E-state index contributed by atoms with van der Waals surface area (Å²) in [7, 11) is 1.94. The van der Waals surface area contributed by atoms with Crippen molar-refractivity contribution in [2.75, 3.05) is 0 Å². The Morgan fingerprint density at radius 2 is 1.97 bits per heavy atom. The van der Waals surface area contributed by atoms with E-state index >= 15 is 0 Å². The van der Waals surface area contributed by atoms with Crippen LogP contribution in [0.5, 0.6) is 0 Å². The lowest BCUT2D eigenvalue weighted by atomic mass is 9.45. The molecule has 4 aliphatic rings. The van der Waals surface area contributed by atoms with Gasteiger partial charge in [0.2, 0.25) is 0 Å². The summed E-state index contributed by atoms with van der Waals surface area (Å²) in [6.07, 6.45) is 12.8. The lowest BCUT2D eigenvalue weighted by Crippen LogP contribution is -2.54. The molecule has 1 heterocycles. The second-order valence-electron chi connectivity index (χ2n) is 11.1. The monoisotopic (exact) mass is 396 g/mol. The molecule has 4 nitrogen and oxygen atoms in total. The van der Waals surface area contributed by atoms with Crippen LogP contribution in [0.25, 0.3) is 6.08 Å². The Morgan fingerprint density at radius 3 is 2.69 bits per heavy atom. The fourth-order valence-electron chi connectivity index (χ4n) is 7.98. The molecular formula is C25H36N2O2. The number of aliphatic hydroxyl groups is 1. The van der Waals surface area contributed by atoms with E-state index in [0.717, 1.165) is 54.9 Å². The number of aliphatic hydroxyl groups excluding tert-OH is 1. The zero-order chi connectivity index (χ0) is 20.6. The topological polar surface area (TPSA) is 55.1 Å². The maximum atomic E-state index is 13.5. The normalized spacial score (nSPS) is 45.8. The molecule has 4 aliphatic carbocycles. The molecule has 0 saturated heterocycles. The number of nitrogens with zero attached hydrogens (tertiary/aromatic N) is 2. The number of carbonyl (C=O) groups excluding carboxylic acids is 1. The van der Waals surface area contributed by atoms with E-state index in [4.69, 9.17) is 0 Å². The van der Waals surface area contributed by atoms with Gasteiger partial charge >= 0.3 is 0 Å². The van der Waals surface area contributed by atoms with Gasteiger partial charge in [0.15, 0.2) is 5.78 Å². The minimum atomic E-state index is -0.180. The highest BCUT2D eigenvalue weighted by Gasteiger charge is 2.61. The molecule has 7 atom stereocenters. The van der Waals surface area contributed by atoms with Gasteiger partial charge in [-0.05, 0) is 99.0 Å². The lowest BCUT2D eigenvalue weighted by Gasteiger charge is -2.59. The molecule has 5 rings (SSSR count). The average molecular weight is 397 g/mol. The molecule has 0 spiro atoms. The van der Waals surface area contributed by atoms with E-state index in [1.807, 2.05) is 24.9 Å². The van der Waals surface area contributed by atoms with Gasteiger partial charge in [0.05, 0.1) is 11.8 Å². The zero-order valence-corrected chi connectivity index (χ0v) is 18.4. The maximum Gasteiger partial charge on any atom is 0.165 e. The van der Waals surface area contributed by atoms with Crippen molar-refractivity contribution in [2.45, 2.75) is 78.2 Å². The Labute approximate surface area is 174 Å². The predicted octanol–water partition coefficient (Wildman–Crippen LogP) is 4.69. The number of hydrogen-bond donors (Lipinski definition) is 1. The standard InChI is InChI=1S/C25H36N2O2/c1-15-17(14-27(4)26-15)11-16-12-22-20-6-5-18-13-19(28)7-9-24(18,2)21(20)8-10-25(22,3)23(16)29/h11,14,18-22,28H,5-10,12-13H2,1-4H3/b16-11-/t18-,19-,20-,21+,22+,24-,25+/m0/s1. The number of allylic oxidation sites excluding steroid dienone is 1. The molecule has 0 bridgehead atoms. The van der Waals surface area contributed by atoms with Crippen LogP contribution in [-0.2, 0) is 11.8 Å². The zero-order valence-electron chi connectivity index (χ0n) is 18.4. The third kappa shape index (κ3) is 2.81. The molecule has 0 unspecified atom stereocenters. The largest absolute Gasteiger partial charge is 0.393 e. The molecule has 4 fully saturated rings. The van der Waals surface area contributed by atoms with E-state index in [9.17, 15) is 9.90 Å². The van der Waals surface area contributed by atoms with Gasteiger partial charge < -0.3 is 5.11 Å². The smallest absolute Gasteiger partial charge is 0.165 e. The third-order valence-electron chi connectivity index (χ3n) is 9.66. The van der Waals surface area contributed by atoms with Crippen molar-refractivity contribution in [1.29, 1.82) is 0 Å². The molecular weight excluding hydrogens is 360 g/mol. The highest BCUT2D eigenvalue weighted by atomic mass is 16.3. The molecule has 29 heavy (non-hydrogen) atoms. The molecule has 158 valence electrons. The van der Waals surface area contributed by atoms with Gasteiger partial charge in [-0.15, -0.1) is 0 Å². The first kappa shape index (κ1) is 19.5. The number of aryl methyl sites for hydroxylation is 2. The van der Waals surface area contributed by atoms with Crippen molar-refractivity contribution in [2.24, 2.45) is 41.5 Å². The predicted molar refractivity (Wildman–Crippen MR) is 114 cm³/mol. The summed E-state index contributed by atoms with van der Waals surface area (Å²) in [4.78, 5) is 13.5. The fourth-order valence-corrected chi connectivity index (χ4v) is 7.98. The van der Waals surface area contributed by atoms with Gasteiger partial charge in [0.25, 0.3) is 0 Å². The summed E-state index contributed by atoms with van der Waals surface area (Å²) in [5.41, 5.74) is 3.30.